The summed E-state index contributed by atoms with van der Waals surface area (Å²) in [6.45, 7) is 4.74. The second-order valence-corrected chi connectivity index (χ2v) is 23.2. The Morgan fingerprint density at radius 3 is 1.20 bits per heavy atom. The molecule has 0 spiro atoms. The number of aliphatic hydroxyl groups is 1. The van der Waals surface area contributed by atoms with Crippen molar-refractivity contribution < 1.29 is 32.9 Å². The van der Waals surface area contributed by atoms with Crippen LogP contribution in [-0.4, -0.2) is 73.4 Å². The van der Waals surface area contributed by atoms with Gasteiger partial charge in [0, 0.05) is 6.42 Å². The summed E-state index contributed by atoms with van der Waals surface area (Å²) in [5, 5.41) is 13.7. The van der Waals surface area contributed by atoms with Crippen molar-refractivity contribution in [2.24, 2.45) is 0 Å². The summed E-state index contributed by atoms with van der Waals surface area (Å²) >= 11 is 0. The van der Waals surface area contributed by atoms with Crippen LogP contribution in [0.4, 0.5) is 0 Å². The van der Waals surface area contributed by atoms with Gasteiger partial charge in [0.05, 0.1) is 39.9 Å². The lowest BCUT2D eigenvalue weighted by atomic mass is 10.0. The average molecular weight is 995 g/mol. The Bertz CT molecular complexity index is 1220. The van der Waals surface area contributed by atoms with E-state index in [1.165, 1.54) is 218 Å². The van der Waals surface area contributed by atoms with Crippen molar-refractivity contribution >= 4 is 13.7 Å². The molecule has 69 heavy (non-hydrogen) atoms. The van der Waals surface area contributed by atoms with Crippen LogP contribution < -0.4 is 5.32 Å². The molecular formula is C60H118N2O6P+. The standard InChI is InChI=1S/C60H117N2O6P/c1-6-8-10-12-14-15-16-17-18-19-20-21-22-23-24-25-26-27-28-29-30-31-32-33-34-35-36-37-38-39-40-41-42-43-44-45-46-47-48-50-52-54-60(64)61-58(59(63)53-51-49-13-11-9-7-2)57-68-69(65,66)67-56-55-62(3,4)5/h16-17,19-20,51,53,58-59,63H,6-15,18,21-50,52,54-57H2,1-5H3,(H-,61,64,65,66)/p+1/b17-16-,20-19-,53-51+. The van der Waals surface area contributed by atoms with Crippen LogP contribution in [0.1, 0.15) is 290 Å². The van der Waals surface area contributed by atoms with E-state index in [1.54, 1.807) is 6.08 Å². The van der Waals surface area contributed by atoms with Crippen molar-refractivity contribution in [3.63, 3.8) is 0 Å². The number of hydrogen-bond donors (Lipinski definition) is 3. The van der Waals surface area contributed by atoms with E-state index in [1.807, 2.05) is 27.2 Å². The van der Waals surface area contributed by atoms with Crippen molar-refractivity contribution in [1.29, 1.82) is 0 Å². The summed E-state index contributed by atoms with van der Waals surface area (Å²) in [4.78, 5) is 23.1. The first-order valence-corrected chi connectivity index (χ1v) is 31.4. The van der Waals surface area contributed by atoms with Gasteiger partial charge in [0.15, 0.2) is 0 Å². The molecule has 0 radical (unpaired) electrons. The van der Waals surface area contributed by atoms with Crippen LogP contribution in [-0.2, 0) is 18.4 Å². The molecule has 0 aliphatic rings. The molecule has 0 heterocycles. The van der Waals surface area contributed by atoms with Crippen molar-refractivity contribution in [2.75, 3.05) is 40.9 Å². The monoisotopic (exact) mass is 994 g/mol. The van der Waals surface area contributed by atoms with Gasteiger partial charge in [0.1, 0.15) is 13.2 Å². The van der Waals surface area contributed by atoms with Crippen LogP contribution in [0.2, 0.25) is 0 Å². The Hall–Kier alpha value is -1.28. The van der Waals surface area contributed by atoms with E-state index >= 15 is 0 Å². The first kappa shape index (κ1) is 67.7. The molecule has 0 aromatic rings. The van der Waals surface area contributed by atoms with Crippen LogP contribution in [0.5, 0.6) is 0 Å². The summed E-state index contributed by atoms with van der Waals surface area (Å²) in [5.41, 5.74) is 0. The third-order valence-corrected chi connectivity index (χ3v) is 14.6. The summed E-state index contributed by atoms with van der Waals surface area (Å²) in [7, 11) is 1.58. The number of phosphoric acid groups is 1. The number of carbonyl (C=O) groups is 1. The van der Waals surface area contributed by atoms with E-state index in [4.69, 9.17) is 9.05 Å². The van der Waals surface area contributed by atoms with Gasteiger partial charge < -0.3 is 19.8 Å². The summed E-state index contributed by atoms with van der Waals surface area (Å²) < 4.78 is 23.5. The van der Waals surface area contributed by atoms with Crippen LogP contribution in [0.3, 0.4) is 0 Å². The van der Waals surface area contributed by atoms with Gasteiger partial charge >= 0.3 is 7.82 Å². The van der Waals surface area contributed by atoms with Crippen molar-refractivity contribution in [1.82, 2.24) is 5.32 Å². The summed E-state index contributed by atoms with van der Waals surface area (Å²) in [6.07, 6.45) is 67.6. The summed E-state index contributed by atoms with van der Waals surface area (Å²) in [5.74, 6) is -0.178. The number of aliphatic hydroxyl groups excluding tert-OH is 1. The molecule has 1 amide bonds. The molecule has 0 saturated heterocycles. The van der Waals surface area contributed by atoms with Gasteiger partial charge in [-0.1, -0.05) is 269 Å². The maximum atomic E-state index is 12.8. The molecule has 0 aliphatic heterocycles. The van der Waals surface area contributed by atoms with Gasteiger partial charge in [-0.2, -0.15) is 0 Å². The van der Waals surface area contributed by atoms with Gasteiger partial charge in [-0.05, 0) is 51.4 Å². The predicted molar refractivity (Wildman–Crippen MR) is 300 cm³/mol. The number of nitrogens with one attached hydrogen (secondary N) is 1. The molecule has 0 aliphatic carbocycles. The molecule has 3 atom stereocenters. The largest absolute Gasteiger partial charge is 0.472 e. The van der Waals surface area contributed by atoms with E-state index in [2.05, 4.69) is 43.5 Å². The zero-order valence-corrected chi connectivity index (χ0v) is 47.5. The van der Waals surface area contributed by atoms with E-state index in [0.29, 0.717) is 17.4 Å². The lowest BCUT2D eigenvalue weighted by Crippen LogP contribution is -2.45. The fraction of sp³-hybridized carbons (Fsp3) is 0.883. The number of hydrogen-bond acceptors (Lipinski definition) is 5. The SMILES string of the molecule is CCCCCC/C=C/C(O)C(COP(=O)(O)OCC[N+](C)(C)C)NC(=O)CCCCCCCCCCCCCCCCCCCCCCCCCCCCCCC/C=C\C/C=C\CCCCCCC. The number of rotatable bonds is 55. The van der Waals surface area contributed by atoms with Gasteiger partial charge in [0.25, 0.3) is 0 Å². The molecule has 0 aromatic carbocycles. The Morgan fingerprint density at radius 2 is 0.826 bits per heavy atom. The number of likely N-dealkylation sites (N-methyl/N-ethyl adjacent to an activating group) is 1. The Labute approximate surface area is 429 Å². The van der Waals surface area contributed by atoms with E-state index < -0.39 is 20.0 Å². The highest BCUT2D eigenvalue weighted by Gasteiger charge is 2.27. The predicted octanol–water partition coefficient (Wildman–Crippen LogP) is 18.2. The highest BCUT2D eigenvalue weighted by molar-refractivity contribution is 7.47. The lowest BCUT2D eigenvalue weighted by Gasteiger charge is -2.25. The number of amides is 1. The third kappa shape index (κ3) is 54.3. The lowest BCUT2D eigenvalue weighted by molar-refractivity contribution is -0.870. The molecule has 3 N–H and O–H groups in total. The molecule has 3 unspecified atom stereocenters. The Kier molecular flexibility index (Phi) is 50.7. The molecule has 0 fully saturated rings. The van der Waals surface area contributed by atoms with Crippen LogP contribution in [0.15, 0.2) is 36.5 Å². The number of unbranched alkanes of at least 4 members (excludes halogenated alkanes) is 38. The molecule has 0 rings (SSSR count). The van der Waals surface area contributed by atoms with E-state index in [0.717, 1.165) is 51.4 Å². The fourth-order valence-electron chi connectivity index (χ4n) is 8.90. The minimum Gasteiger partial charge on any atom is -0.387 e. The van der Waals surface area contributed by atoms with Gasteiger partial charge in [-0.3, -0.25) is 13.8 Å². The van der Waals surface area contributed by atoms with Crippen LogP contribution in [0.25, 0.3) is 0 Å². The number of nitrogens with zero attached hydrogens (tertiary/aromatic N) is 1. The normalized spacial score (nSPS) is 14.1. The summed E-state index contributed by atoms with van der Waals surface area (Å²) in [6, 6.07) is -0.840. The first-order chi connectivity index (χ1) is 33.5. The molecule has 8 nitrogen and oxygen atoms in total. The third-order valence-electron chi connectivity index (χ3n) is 13.6. The van der Waals surface area contributed by atoms with Crippen LogP contribution >= 0.6 is 7.82 Å². The molecule has 9 heteroatoms. The topological polar surface area (TPSA) is 105 Å². The maximum Gasteiger partial charge on any atom is 0.472 e. The minimum atomic E-state index is -4.33. The van der Waals surface area contributed by atoms with Crippen LogP contribution in [0, 0.1) is 0 Å². The van der Waals surface area contributed by atoms with Gasteiger partial charge in [-0.25, -0.2) is 4.57 Å². The van der Waals surface area contributed by atoms with Gasteiger partial charge in [0.2, 0.25) is 5.91 Å². The second kappa shape index (κ2) is 51.6. The molecule has 0 aromatic heterocycles. The first-order valence-electron chi connectivity index (χ1n) is 29.9. The molecule has 0 bridgehead atoms. The maximum absolute atomic E-state index is 12.8. The zero-order valence-electron chi connectivity index (χ0n) is 46.6. The van der Waals surface area contributed by atoms with Crippen molar-refractivity contribution in [3.8, 4) is 0 Å². The van der Waals surface area contributed by atoms with E-state index in [-0.39, 0.29) is 19.1 Å². The smallest absolute Gasteiger partial charge is 0.387 e. The second-order valence-electron chi connectivity index (χ2n) is 21.7. The van der Waals surface area contributed by atoms with E-state index in [9.17, 15) is 19.4 Å². The number of quaternary nitrogens is 1. The average Bonchev–Trinajstić information content (AvgIpc) is 3.31. The Morgan fingerprint density at radius 1 is 0.493 bits per heavy atom. The number of allylic oxidation sites excluding steroid dienone is 5. The van der Waals surface area contributed by atoms with Gasteiger partial charge in [-0.15, -0.1) is 0 Å². The quantitative estimate of drug-likeness (QED) is 0.0243. The van der Waals surface area contributed by atoms with Crippen molar-refractivity contribution in [3.05, 3.63) is 36.5 Å². The zero-order chi connectivity index (χ0) is 50.6. The molecular weight excluding hydrogens is 876 g/mol. The van der Waals surface area contributed by atoms with Crippen molar-refractivity contribution in [2.45, 2.75) is 302 Å². The number of carbonyl (C=O) groups excluding carboxylic acids is 1. The molecule has 408 valence electrons. The molecule has 0 saturated carbocycles. The highest BCUT2D eigenvalue weighted by atomic mass is 31.2. The Balaban J connectivity index is 3.66. The fourth-order valence-corrected chi connectivity index (χ4v) is 9.63. The highest BCUT2D eigenvalue weighted by Crippen LogP contribution is 2.43. The number of phosphoric ester groups is 1. The minimum absolute atomic E-state index is 0.0627.